The molecule has 2 aromatic rings. The lowest BCUT2D eigenvalue weighted by Gasteiger charge is -2.22. The number of nitrogens with one attached hydrogen (secondary N) is 1. The van der Waals surface area contributed by atoms with Crippen LogP contribution in [0.1, 0.15) is 34.3 Å². The molecule has 1 N–H and O–H groups in total. The number of carbonyl (C=O) groups excluding carboxylic acids is 2. The van der Waals surface area contributed by atoms with Gasteiger partial charge in [0.25, 0.3) is 5.91 Å². The number of amides is 1. The Hall–Kier alpha value is -3.04. The number of hydrogen-bond acceptors (Lipinski definition) is 6. The quantitative estimate of drug-likeness (QED) is 0.430. The predicted octanol–water partition coefficient (Wildman–Crippen LogP) is 2.09. The minimum Gasteiger partial charge on any atom is -0.465 e. The Balaban J connectivity index is 1.66. The van der Waals surface area contributed by atoms with E-state index in [2.05, 4.69) is 15.3 Å². The van der Waals surface area contributed by atoms with Crippen molar-refractivity contribution in [2.45, 2.75) is 30.7 Å². The van der Waals surface area contributed by atoms with Gasteiger partial charge in [-0.05, 0) is 49.6 Å². The maximum absolute atomic E-state index is 12.9. The molecule has 0 aliphatic carbocycles. The summed E-state index contributed by atoms with van der Waals surface area (Å²) in [6.07, 6.45) is 2.45. The Bertz CT molecular complexity index is 1050. The molecule has 1 heterocycles. The molecule has 0 spiro atoms. The summed E-state index contributed by atoms with van der Waals surface area (Å²) in [5, 5.41) is 3.92. The highest BCUT2D eigenvalue weighted by Crippen LogP contribution is 2.26. The van der Waals surface area contributed by atoms with Crippen LogP contribution in [0.25, 0.3) is 0 Å². The van der Waals surface area contributed by atoms with Crippen LogP contribution in [0.2, 0.25) is 0 Å². The average molecular weight is 429 g/mol. The molecular weight excluding hydrogens is 406 g/mol. The Morgan fingerprint density at radius 1 is 1.13 bits per heavy atom. The Morgan fingerprint density at radius 2 is 1.80 bits per heavy atom. The molecule has 1 saturated heterocycles. The van der Waals surface area contributed by atoms with Gasteiger partial charge in [-0.3, -0.25) is 4.79 Å². The number of esters is 1. The number of hydrogen-bond donors (Lipinski definition) is 1. The van der Waals surface area contributed by atoms with E-state index in [1.165, 1.54) is 17.6 Å². The van der Waals surface area contributed by atoms with Gasteiger partial charge in [0.15, 0.2) is 0 Å². The van der Waals surface area contributed by atoms with Gasteiger partial charge in [-0.1, -0.05) is 29.8 Å². The van der Waals surface area contributed by atoms with Crippen LogP contribution >= 0.6 is 0 Å². The van der Waals surface area contributed by atoms with Crippen molar-refractivity contribution in [1.82, 2.24) is 9.73 Å². The molecule has 0 bridgehead atoms. The first-order valence-electron chi connectivity index (χ1n) is 9.43. The zero-order chi connectivity index (χ0) is 21.7. The predicted molar refractivity (Wildman–Crippen MR) is 112 cm³/mol. The first-order chi connectivity index (χ1) is 14.3. The van der Waals surface area contributed by atoms with Gasteiger partial charge in [0, 0.05) is 6.54 Å². The molecule has 2 aromatic carbocycles. The average Bonchev–Trinajstić information content (AvgIpc) is 3.25. The van der Waals surface area contributed by atoms with Crippen molar-refractivity contribution in [3.8, 4) is 0 Å². The summed E-state index contributed by atoms with van der Waals surface area (Å²) >= 11 is 0. The first kappa shape index (κ1) is 21.7. The van der Waals surface area contributed by atoms with Gasteiger partial charge in [0.05, 0.1) is 23.8 Å². The second-order valence-electron chi connectivity index (χ2n) is 6.93. The van der Waals surface area contributed by atoms with E-state index < -0.39 is 27.9 Å². The number of hydrazone groups is 1. The molecule has 0 aromatic heterocycles. The van der Waals surface area contributed by atoms with Crippen LogP contribution in [0, 0.1) is 6.92 Å². The van der Waals surface area contributed by atoms with E-state index in [1.807, 2.05) is 6.92 Å². The van der Waals surface area contributed by atoms with Crippen LogP contribution in [0.5, 0.6) is 0 Å². The fourth-order valence-electron chi connectivity index (χ4n) is 3.20. The van der Waals surface area contributed by atoms with Crippen molar-refractivity contribution >= 4 is 28.1 Å². The van der Waals surface area contributed by atoms with Gasteiger partial charge in [-0.15, -0.1) is 0 Å². The number of methoxy groups -OCH3 is 1. The lowest BCUT2D eigenvalue weighted by Crippen LogP contribution is -2.44. The largest absolute Gasteiger partial charge is 0.465 e. The Kier molecular flexibility index (Phi) is 6.63. The van der Waals surface area contributed by atoms with Gasteiger partial charge < -0.3 is 4.74 Å². The number of ether oxygens (including phenoxy) is 1. The second-order valence-corrected chi connectivity index (χ2v) is 8.83. The molecule has 158 valence electrons. The normalized spacial score (nSPS) is 17.2. The van der Waals surface area contributed by atoms with Crippen molar-refractivity contribution in [3.05, 3.63) is 65.2 Å². The van der Waals surface area contributed by atoms with Crippen molar-refractivity contribution < 1.29 is 22.7 Å². The van der Waals surface area contributed by atoms with Crippen LogP contribution in [0.15, 0.2) is 58.5 Å². The molecule has 1 unspecified atom stereocenters. The summed E-state index contributed by atoms with van der Waals surface area (Å²) in [5.41, 5.74) is 4.44. The van der Waals surface area contributed by atoms with Crippen molar-refractivity contribution in [3.63, 3.8) is 0 Å². The fraction of sp³-hybridized carbons (Fsp3) is 0.286. The zero-order valence-electron chi connectivity index (χ0n) is 16.7. The smallest absolute Gasteiger partial charge is 0.337 e. The van der Waals surface area contributed by atoms with Gasteiger partial charge in [0.2, 0.25) is 10.0 Å². The van der Waals surface area contributed by atoms with E-state index in [1.54, 1.807) is 48.5 Å². The third kappa shape index (κ3) is 4.74. The molecular formula is C21H23N3O5S. The summed E-state index contributed by atoms with van der Waals surface area (Å²) in [4.78, 5) is 24.2. The molecule has 8 nitrogen and oxygen atoms in total. The van der Waals surface area contributed by atoms with Crippen LogP contribution < -0.4 is 5.43 Å². The number of aryl methyl sites for hydroxylation is 1. The highest BCUT2D eigenvalue weighted by molar-refractivity contribution is 7.89. The third-order valence-electron chi connectivity index (χ3n) is 4.85. The van der Waals surface area contributed by atoms with Gasteiger partial charge in [-0.25, -0.2) is 18.6 Å². The Labute approximate surface area is 175 Å². The van der Waals surface area contributed by atoms with Crippen LogP contribution in [-0.2, 0) is 19.6 Å². The molecule has 1 atom stereocenters. The maximum Gasteiger partial charge on any atom is 0.337 e. The van der Waals surface area contributed by atoms with E-state index in [-0.39, 0.29) is 11.4 Å². The van der Waals surface area contributed by atoms with Gasteiger partial charge in [0.1, 0.15) is 6.04 Å². The highest BCUT2D eigenvalue weighted by atomic mass is 32.2. The zero-order valence-corrected chi connectivity index (χ0v) is 17.6. The lowest BCUT2D eigenvalue weighted by atomic mass is 10.1. The second kappa shape index (κ2) is 9.19. The minimum atomic E-state index is -3.77. The topological polar surface area (TPSA) is 105 Å². The van der Waals surface area contributed by atoms with Crippen molar-refractivity contribution in [2.24, 2.45) is 5.10 Å². The molecule has 0 radical (unpaired) electrons. The third-order valence-corrected chi connectivity index (χ3v) is 6.78. The molecule has 0 saturated carbocycles. The fourth-order valence-corrected chi connectivity index (χ4v) is 4.86. The van der Waals surface area contributed by atoms with Crippen LogP contribution in [0.3, 0.4) is 0 Å². The van der Waals surface area contributed by atoms with Crippen LogP contribution in [-0.4, -0.2) is 50.5 Å². The monoisotopic (exact) mass is 429 g/mol. The number of sulfonamides is 1. The molecule has 9 heteroatoms. The summed E-state index contributed by atoms with van der Waals surface area (Å²) in [5.74, 6) is -0.923. The van der Waals surface area contributed by atoms with Gasteiger partial charge >= 0.3 is 5.97 Å². The molecule has 1 fully saturated rings. The minimum absolute atomic E-state index is 0.169. The molecule has 30 heavy (non-hydrogen) atoms. The van der Waals surface area contributed by atoms with E-state index in [0.717, 1.165) is 5.56 Å². The first-order valence-corrected chi connectivity index (χ1v) is 10.9. The number of rotatable bonds is 6. The van der Waals surface area contributed by atoms with Crippen LogP contribution in [0.4, 0.5) is 0 Å². The lowest BCUT2D eigenvalue weighted by molar-refractivity contribution is -0.124. The molecule has 1 aliphatic heterocycles. The molecule has 3 rings (SSSR count). The number of nitrogens with zero attached hydrogens (tertiary/aromatic N) is 2. The number of benzene rings is 2. The number of carbonyl (C=O) groups is 2. The summed E-state index contributed by atoms with van der Waals surface area (Å²) < 4.78 is 31.7. The van der Waals surface area contributed by atoms with Crippen molar-refractivity contribution in [2.75, 3.05) is 13.7 Å². The standard InChI is InChI=1S/C21H23N3O5S/c1-15-5-11-18(12-6-15)30(27,28)24-13-3-4-19(24)20(25)23-22-14-16-7-9-17(10-8-16)21(26)29-2/h5-12,14,19H,3-4,13H2,1-2H3,(H,23,25). The highest BCUT2D eigenvalue weighted by Gasteiger charge is 2.39. The van der Waals surface area contributed by atoms with Crippen molar-refractivity contribution in [1.29, 1.82) is 0 Å². The van der Waals surface area contributed by atoms with E-state index >= 15 is 0 Å². The summed E-state index contributed by atoms with van der Waals surface area (Å²) in [6.45, 7) is 2.16. The summed E-state index contributed by atoms with van der Waals surface area (Å²) in [6, 6.07) is 12.2. The van der Waals surface area contributed by atoms with E-state index in [0.29, 0.717) is 24.0 Å². The summed E-state index contributed by atoms with van der Waals surface area (Å²) in [7, 11) is -2.46. The maximum atomic E-state index is 12.9. The SMILES string of the molecule is COC(=O)c1ccc(C=NNC(=O)C2CCCN2S(=O)(=O)c2ccc(C)cc2)cc1. The Morgan fingerprint density at radius 3 is 2.43 bits per heavy atom. The van der Waals surface area contributed by atoms with E-state index in [4.69, 9.17) is 0 Å². The molecule has 1 aliphatic rings. The van der Waals surface area contributed by atoms with E-state index in [9.17, 15) is 18.0 Å². The molecule has 1 amide bonds. The van der Waals surface area contributed by atoms with Gasteiger partial charge in [-0.2, -0.15) is 9.41 Å².